The van der Waals surface area contributed by atoms with Crippen LogP contribution in [0, 0.1) is 29.1 Å². The standard InChI is InChI=1S/C71H110N13O27P3S/c1-11-40(4)56(47(105-9)33-52(87)81-29-18-21-46(81)59(106-10)41(5)64(91)78-45(70(96)97)31-42-19-14-12-15-20-42)80(8)68(95)54(39(2)3)79-65(92)57-43-23-24-44(32-43)84(57)51(86)22-16-13-17-28-82-53(88)34-49(67(82)94)115-30-27-73-50(85)25-26-74-66(93)61(90)71(6,7)36-108-114(103,104)111-113(101,102)107-35-48-60(110-112(98,99)100)58(89)69(109-48)83-38-77-55-62(72)75-37-76-63(55)83/h12,14-15,19-20,37-41,43-49,54,56-61,69,89-90H,11,13,16-18,21-36H2,1-10H3,(H,73,85)(H,74,93)(H,78,91)(H,79,92)(H,96,97)(H,101,102)(H,103,104)(H2,72,75,76)(H2,98,99,100)/t40-,41+,43-,44-,45-,46-,47+,48+,49?,54-,56-,57-,58-,59+,60-,61-,69+/m0/s1. The van der Waals surface area contributed by atoms with Gasteiger partial charge in [0, 0.05) is 90.3 Å². The van der Waals surface area contributed by atoms with Crippen LogP contribution in [0.25, 0.3) is 11.2 Å². The molecule has 2 bridgehead atoms. The number of carboxylic acid groups (broad SMARTS) is 1. The number of aliphatic carboxylic acids is 1. The second-order valence-corrected chi connectivity index (χ2v) is 36.3. The molecular weight excluding hydrogens is 1590 g/mol. The number of anilines is 1. The number of imide groups is 1. The molecule has 6 heterocycles. The third-order valence-electron chi connectivity index (χ3n) is 21.8. The predicted octanol–water partition coefficient (Wildman–Crippen LogP) is 2.08. The zero-order valence-corrected chi connectivity index (χ0v) is 69.5. The minimum atomic E-state index is -5.66. The molecule has 1 saturated carbocycles. The van der Waals surface area contributed by atoms with Gasteiger partial charge in [0.1, 0.15) is 54.4 Å². The third-order valence-corrected chi connectivity index (χ3v) is 26.1. The van der Waals surface area contributed by atoms with Crippen LogP contribution in [-0.4, -0.2) is 278 Å². The van der Waals surface area contributed by atoms with E-state index in [1.165, 1.54) is 44.7 Å². The number of fused-ring (bicyclic) bond motifs is 3. The van der Waals surface area contributed by atoms with Crippen molar-refractivity contribution < 1.29 is 129 Å². The van der Waals surface area contributed by atoms with E-state index in [2.05, 4.69) is 45.1 Å². The van der Waals surface area contributed by atoms with E-state index in [-0.39, 0.29) is 110 Å². The maximum absolute atomic E-state index is 14.9. The van der Waals surface area contributed by atoms with Crippen LogP contribution in [0.3, 0.4) is 0 Å². The van der Waals surface area contributed by atoms with Crippen LogP contribution in [-0.2, 0) is 100 Å². The number of hydrogen-bond donors (Lipinski definition) is 12. The van der Waals surface area contributed by atoms with Crippen molar-refractivity contribution in [3.8, 4) is 0 Å². The molecule has 0 spiro atoms. The molecule has 4 saturated heterocycles. The topological polar surface area (TPSA) is 559 Å². The molecule has 19 atom stereocenters. The summed E-state index contributed by atoms with van der Waals surface area (Å²) in [6.45, 7) is 9.79. The second-order valence-electron chi connectivity index (χ2n) is 30.7. The summed E-state index contributed by atoms with van der Waals surface area (Å²) in [5.41, 5.74) is 4.90. The number of likely N-dealkylation sites (N-methyl/N-ethyl adjacent to an activating group) is 1. The zero-order valence-electron chi connectivity index (χ0n) is 66.0. The van der Waals surface area contributed by atoms with E-state index in [4.69, 9.17) is 29.0 Å². The number of hydrogen-bond acceptors (Lipinski definition) is 27. The number of methoxy groups -OCH3 is 2. The second kappa shape index (κ2) is 41.1. The highest BCUT2D eigenvalue weighted by Crippen LogP contribution is 2.61. The summed E-state index contributed by atoms with van der Waals surface area (Å²) < 4.78 is 75.1. The molecule has 1 aromatic carbocycles. The van der Waals surface area contributed by atoms with Crippen molar-refractivity contribution in [2.24, 2.45) is 29.1 Å². The minimum absolute atomic E-state index is 0.00293. The molecule has 5 fully saturated rings. The fourth-order valence-electron chi connectivity index (χ4n) is 15.5. The van der Waals surface area contributed by atoms with E-state index in [1.54, 1.807) is 52.9 Å². The van der Waals surface area contributed by atoms with Crippen molar-refractivity contribution in [1.29, 1.82) is 0 Å². The first-order chi connectivity index (χ1) is 54.1. The lowest BCUT2D eigenvalue weighted by Crippen LogP contribution is -2.60. The molecule has 9 amide bonds. The molecule has 3 unspecified atom stereocenters. The number of carboxylic acids is 1. The number of nitrogen functional groups attached to an aromatic ring is 1. The van der Waals surface area contributed by atoms with Gasteiger partial charge >= 0.3 is 29.4 Å². The smallest absolute Gasteiger partial charge is 0.480 e. The van der Waals surface area contributed by atoms with E-state index in [9.17, 15) is 96.5 Å². The number of carbonyl (C=O) groups is 10. The highest BCUT2D eigenvalue weighted by molar-refractivity contribution is 8.00. The number of amides is 9. The highest BCUT2D eigenvalue weighted by Gasteiger charge is 2.54. The van der Waals surface area contributed by atoms with Crippen LogP contribution >= 0.6 is 35.2 Å². The van der Waals surface area contributed by atoms with Crippen LogP contribution in [0.2, 0.25) is 0 Å². The van der Waals surface area contributed by atoms with E-state index >= 15 is 0 Å². The first kappa shape index (κ1) is 93.5. The van der Waals surface area contributed by atoms with Gasteiger partial charge in [0.25, 0.3) is 0 Å². The number of nitrogens with zero attached hydrogens (tertiary/aromatic N) is 8. The number of aliphatic hydroxyl groups excluding tert-OH is 2. The Kier molecular flexibility index (Phi) is 33.4. The van der Waals surface area contributed by atoms with Crippen molar-refractivity contribution in [2.75, 3.05) is 72.1 Å². The molecule has 8 rings (SSSR count). The molecule has 44 heteroatoms. The van der Waals surface area contributed by atoms with Crippen molar-refractivity contribution >= 4 is 111 Å². The number of piperidine rings is 1. The van der Waals surface area contributed by atoms with E-state index in [0.29, 0.717) is 51.5 Å². The van der Waals surface area contributed by atoms with E-state index in [0.717, 1.165) is 35.6 Å². The van der Waals surface area contributed by atoms with Crippen LogP contribution in [0.1, 0.15) is 144 Å². The summed E-state index contributed by atoms with van der Waals surface area (Å²) in [7, 11) is -12.1. The molecule has 1 aliphatic carbocycles. The number of nitrogens with two attached hydrogens (primary N) is 1. The van der Waals surface area contributed by atoms with Gasteiger partial charge in [-0.1, -0.05) is 91.6 Å². The first-order valence-corrected chi connectivity index (χ1v) is 43.8. The normalized spacial score (nSPS) is 24.2. The summed E-state index contributed by atoms with van der Waals surface area (Å²) in [5, 5.41) is 41.9. The van der Waals surface area contributed by atoms with Gasteiger partial charge in [-0.3, -0.25) is 66.2 Å². The van der Waals surface area contributed by atoms with Gasteiger partial charge in [-0.2, -0.15) is 4.31 Å². The molecule has 2 aromatic heterocycles. The Hall–Kier alpha value is -7.01. The lowest BCUT2D eigenvalue weighted by molar-refractivity contribution is -0.149. The lowest BCUT2D eigenvalue weighted by Gasteiger charge is -2.41. The van der Waals surface area contributed by atoms with E-state index in [1.807, 2.05) is 33.8 Å². The summed E-state index contributed by atoms with van der Waals surface area (Å²) in [6.07, 6.45) is -3.82. The van der Waals surface area contributed by atoms with Crippen molar-refractivity contribution in [3.05, 3.63) is 48.5 Å². The lowest BCUT2D eigenvalue weighted by atomic mass is 9.87. The predicted molar refractivity (Wildman–Crippen MR) is 410 cm³/mol. The number of imidazole rings is 1. The molecular formula is C71H110N13O27P3S. The molecule has 4 aliphatic heterocycles. The Labute approximate surface area is 669 Å². The summed E-state index contributed by atoms with van der Waals surface area (Å²) in [4.78, 5) is 194. The van der Waals surface area contributed by atoms with Gasteiger partial charge in [-0.05, 0) is 68.3 Å². The molecule has 40 nitrogen and oxygen atoms in total. The minimum Gasteiger partial charge on any atom is -0.480 e. The highest BCUT2D eigenvalue weighted by atomic mass is 32.2. The number of benzene rings is 1. The van der Waals surface area contributed by atoms with Gasteiger partial charge in [0.2, 0.25) is 53.2 Å². The van der Waals surface area contributed by atoms with E-state index < -0.39 is 174 Å². The number of phosphoric acid groups is 3. The summed E-state index contributed by atoms with van der Waals surface area (Å²) in [6, 6.07) is 4.58. The Morgan fingerprint density at radius 1 is 0.861 bits per heavy atom. The van der Waals surface area contributed by atoms with Crippen LogP contribution < -0.4 is 27.0 Å². The monoisotopic (exact) mass is 1700 g/mol. The fraction of sp³-hybridized carbons (Fsp3) is 0.704. The average molecular weight is 1700 g/mol. The number of ether oxygens (including phenoxy) is 3. The number of thioether (sulfide) groups is 1. The first-order valence-electron chi connectivity index (χ1n) is 38.3. The van der Waals surface area contributed by atoms with Crippen molar-refractivity contribution in [1.82, 2.24) is 60.4 Å². The molecule has 115 heavy (non-hydrogen) atoms. The van der Waals surface area contributed by atoms with Crippen molar-refractivity contribution in [3.63, 3.8) is 0 Å². The maximum Gasteiger partial charge on any atom is 0.481 e. The number of carbonyl (C=O) groups excluding carboxylic acids is 9. The Morgan fingerprint density at radius 3 is 2.23 bits per heavy atom. The number of likely N-dealkylation sites (tertiary alicyclic amines) is 3. The van der Waals surface area contributed by atoms with Crippen molar-refractivity contribution in [2.45, 2.75) is 223 Å². The van der Waals surface area contributed by atoms with Crippen LogP contribution in [0.5, 0.6) is 0 Å². The summed E-state index contributed by atoms with van der Waals surface area (Å²) >= 11 is 1.17. The third kappa shape index (κ3) is 24.4. The van der Waals surface area contributed by atoms with Gasteiger partial charge in [0.05, 0.1) is 61.4 Å². The van der Waals surface area contributed by atoms with Gasteiger partial charge in [-0.25, -0.2) is 33.4 Å². The quantitative estimate of drug-likeness (QED) is 0.0219. The zero-order chi connectivity index (χ0) is 84.8. The average Bonchev–Trinajstić information content (AvgIpc) is 1.62. The molecule has 13 N–H and O–H groups in total. The maximum atomic E-state index is 14.9. The number of unbranched alkanes of at least 4 members (excludes halogenated alkanes) is 2. The van der Waals surface area contributed by atoms with Crippen LogP contribution in [0.4, 0.5) is 5.82 Å². The van der Waals surface area contributed by atoms with Gasteiger partial charge in [0.15, 0.2) is 17.7 Å². The molecule has 642 valence electrons. The van der Waals surface area contributed by atoms with Gasteiger partial charge in [-0.15, -0.1) is 11.8 Å². The van der Waals surface area contributed by atoms with Gasteiger partial charge < -0.3 is 90.8 Å². The number of aromatic nitrogens is 4. The number of rotatable bonds is 45. The Morgan fingerprint density at radius 2 is 1.57 bits per heavy atom. The van der Waals surface area contributed by atoms with Crippen LogP contribution in [0.15, 0.2) is 43.0 Å². The number of phosphoric ester groups is 3. The molecule has 3 aromatic rings. The SMILES string of the molecule is CC[C@H](C)[C@@H]([C@@H](CC(=O)N1CCC[C@H]1[C@H](OC)[C@@H](C)C(=O)N[C@@H](Cc1ccccc1)C(=O)O)OC)N(C)C(=O)[C@@H](NC(=O)[C@@H]1[C@H]2CC[C@@H](C2)N1C(=O)CCCCCN1C(=O)CC(SCCNC(=O)CCNC(=O)[C@H](O)C(C)(C)COP(=O)(O)OP(=O)(O)OC[C@H]2O[C@@H](n3cnc4c(N)ncnc43)[C@@H](O)[C@H]2OP(=O)(O)O)C1=O)C(C)C. The summed E-state index contributed by atoms with van der Waals surface area (Å²) in [5.74, 6) is -6.80. The number of nitrogens with one attached hydrogen (secondary N) is 4. The largest absolute Gasteiger partial charge is 0.481 e. The molecule has 5 aliphatic rings. The Balaban J connectivity index is 0.724. The molecule has 0 radical (unpaired) electrons. The fourth-order valence-corrected chi connectivity index (χ4v) is 19.4. The Bertz CT molecular complexity index is 4070. The number of aliphatic hydroxyl groups is 2.